The van der Waals surface area contributed by atoms with Crippen molar-refractivity contribution in [3.8, 4) is 0 Å². The SMILES string of the molecule is C/C=C1C=C/C(=C/C)CC/1. The zero-order valence-electron chi connectivity index (χ0n) is 6.72. The molecule has 54 valence electrons. The van der Waals surface area contributed by atoms with E-state index >= 15 is 0 Å². The fourth-order valence-electron chi connectivity index (χ4n) is 1.15. The fraction of sp³-hybridized carbons (Fsp3) is 0.400. The third kappa shape index (κ3) is 1.60. The molecule has 0 N–H and O–H groups in total. The second kappa shape index (κ2) is 3.40. The molecule has 0 nitrogen and oxygen atoms in total. The van der Waals surface area contributed by atoms with E-state index in [0.717, 1.165) is 0 Å². The van der Waals surface area contributed by atoms with E-state index in [0.29, 0.717) is 0 Å². The molecule has 0 aromatic heterocycles. The molecule has 0 radical (unpaired) electrons. The number of hydrogen-bond donors (Lipinski definition) is 0. The Labute approximate surface area is 62.9 Å². The predicted molar refractivity (Wildman–Crippen MR) is 45.9 cm³/mol. The van der Waals surface area contributed by atoms with Crippen LogP contribution in [0, 0.1) is 0 Å². The third-order valence-corrected chi connectivity index (χ3v) is 1.96. The first-order chi connectivity index (χ1) is 4.86. The van der Waals surface area contributed by atoms with Crippen molar-refractivity contribution in [1.82, 2.24) is 0 Å². The van der Waals surface area contributed by atoms with E-state index in [1.165, 1.54) is 24.0 Å². The van der Waals surface area contributed by atoms with Crippen LogP contribution in [0.3, 0.4) is 0 Å². The normalized spacial score (nSPS) is 26.2. The van der Waals surface area contributed by atoms with E-state index in [9.17, 15) is 0 Å². The molecule has 10 heavy (non-hydrogen) atoms. The molecule has 1 rings (SSSR count). The molecule has 0 aromatic carbocycles. The van der Waals surface area contributed by atoms with E-state index in [2.05, 4.69) is 38.2 Å². The van der Waals surface area contributed by atoms with Crippen molar-refractivity contribution >= 4 is 0 Å². The third-order valence-electron chi connectivity index (χ3n) is 1.96. The van der Waals surface area contributed by atoms with Crippen LogP contribution >= 0.6 is 0 Å². The zero-order chi connectivity index (χ0) is 7.40. The minimum atomic E-state index is 1.21. The van der Waals surface area contributed by atoms with Gasteiger partial charge in [0.05, 0.1) is 0 Å². The Hall–Kier alpha value is -0.780. The molecule has 0 unspecified atom stereocenters. The van der Waals surface area contributed by atoms with Gasteiger partial charge in [-0.2, -0.15) is 0 Å². The maximum atomic E-state index is 2.21. The Morgan fingerprint density at radius 1 is 1.00 bits per heavy atom. The summed E-state index contributed by atoms with van der Waals surface area (Å²) < 4.78 is 0. The molecular weight excluding hydrogens is 120 g/mol. The number of hydrogen-bond acceptors (Lipinski definition) is 0. The van der Waals surface area contributed by atoms with Gasteiger partial charge in [0, 0.05) is 0 Å². The summed E-state index contributed by atoms with van der Waals surface area (Å²) in [6, 6.07) is 0. The second-order valence-electron chi connectivity index (χ2n) is 2.56. The molecule has 0 heterocycles. The molecule has 0 spiro atoms. The molecule has 1 aliphatic carbocycles. The molecule has 1 aliphatic rings. The highest BCUT2D eigenvalue weighted by atomic mass is 14.1. The van der Waals surface area contributed by atoms with Crippen molar-refractivity contribution in [2.45, 2.75) is 26.7 Å². The van der Waals surface area contributed by atoms with Crippen molar-refractivity contribution in [1.29, 1.82) is 0 Å². The van der Waals surface area contributed by atoms with Crippen molar-refractivity contribution in [2.75, 3.05) is 0 Å². The molecular formula is C10H14. The first-order valence-corrected chi connectivity index (χ1v) is 3.85. The predicted octanol–water partition coefficient (Wildman–Crippen LogP) is 3.23. The van der Waals surface area contributed by atoms with Gasteiger partial charge in [-0.3, -0.25) is 0 Å². The Bertz CT molecular complexity index is 170. The maximum Gasteiger partial charge on any atom is -0.0242 e. The van der Waals surface area contributed by atoms with Gasteiger partial charge in [0.1, 0.15) is 0 Å². The zero-order valence-corrected chi connectivity index (χ0v) is 6.72. The topological polar surface area (TPSA) is 0 Å². The highest BCUT2D eigenvalue weighted by molar-refractivity contribution is 5.32. The van der Waals surface area contributed by atoms with Crippen LogP contribution in [0.15, 0.2) is 35.5 Å². The highest BCUT2D eigenvalue weighted by Gasteiger charge is 2.00. The van der Waals surface area contributed by atoms with Crippen molar-refractivity contribution in [3.63, 3.8) is 0 Å². The summed E-state index contributed by atoms with van der Waals surface area (Å²) in [5, 5.41) is 0. The van der Waals surface area contributed by atoms with Crippen LogP contribution in [-0.2, 0) is 0 Å². The van der Waals surface area contributed by atoms with Crippen LogP contribution in [0.2, 0.25) is 0 Å². The van der Waals surface area contributed by atoms with Crippen LogP contribution < -0.4 is 0 Å². The van der Waals surface area contributed by atoms with Gasteiger partial charge < -0.3 is 0 Å². The summed E-state index contributed by atoms with van der Waals surface area (Å²) in [5.74, 6) is 0. The molecule has 0 saturated carbocycles. The van der Waals surface area contributed by atoms with Gasteiger partial charge in [-0.1, -0.05) is 35.5 Å². The first kappa shape index (κ1) is 7.33. The van der Waals surface area contributed by atoms with Gasteiger partial charge in [0.25, 0.3) is 0 Å². The lowest BCUT2D eigenvalue weighted by Gasteiger charge is -2.08. The van der Waals surface area contributed by atoms with Crippen LogP contribution in [0.5, 0.6) is 0 Å². The van der Waals surface area contributed by atoms with Gasteiger partial charge in [0.2, 0.25) is 0 Å². The molecule has 0 fully saturated rings. The Morgan fingerprint density at radius 3 is 1.60 bits per heavy atom. The lowest BCUT2D eigenvalue weighted by Crippen LogP contribution is -1.89. The van der Waals surface area contributed by atoms with Crippen LogP contribution in [0.4, 0.5) is 0 Å². The number of rotatable bonds is 0. The first-order valence-electron chi connectivity index (χ1n) is 3.85. The average molecular weight is 134 g/mol. The standard InChI is InChI=1S/C10H14/c1-3-9-5-7-10(4-2)8-6-9/h3-5,7H,6,8H2,1-2H3/b9-3-,10-4-. The van der Waals surface area contributed by atoms with E-state index in [-0.39, 0.29) is 0 Å². The molecule has 0 heteroatoms. The molecule has 0 atom stereocenters. The quantitative estimate of drug-likeness (QED) is 0.477. The highest BCUT2D eigenvalue weighted by Crippen LogP contribution is 2.19. The summed E-state index contributed by atoms with van der Waals surface area (Å²) in [4.78, 5) is 0. The van der Waals surface area contributed by atoms with Crippen LogP contribution in [-0.4, -0.2) is 0 Å². The molecule has 0 saturated heterocycles. The van der Waals surface area contributed by atoms with E-state index in [1.54, 1.807) is 0 Å². The Morgan fingerprint density at radius 2 is 1.40 bits per heavy atom. The monoisotopic (exact) mass is 134 g/mol. The van der Waals surface area contributed by atoms with Crippen LogP contribution in [0.25, 0.3) is 0 Å². The summed E-state index contributed by atoms with van der Waals surface area (Å²) in [6.07, 6.45) is 11.2. The van der Waals surface area contributed by atoms with Crippen molar-refractivity contribution in [3.05, 3.63) is 35.5 Å². The van der Waals surface area contributed by atoms with E-state index < -0.39 is 0 Å². The van der Waals surface area contributed by atoms with Gasteiger partial charge in [-0.15, -0.1) is 0 Å². The smallest absolute Gasteiger partial charge is 0.0242 e. The molecule has 0 amide bonds. The summed E-state index contributed by atoms with van der Waals surface area (Å²) in [6.45, 7) is 4.20. The fourth-order valence-corrected chi connectivity index (χ4v) is 1.15. The van der Waals surface area contributed by atoms with Crippen molar-refractivity contribution < 1.29 is 0 Å². The lowest BCUT2D eigenvalue weighted by atomic mass is 9.97. The molecule has 0 bridgehead atoms. The van der Waals surface area contributed by atoms with E-state index in [4.69, 9.17) is 0 Å². The van der Waals surface area contributed by atoms with Crippen molar-refractivity contribution in [2.24, 2.45) is 0 Å². The minimum absolute atomic E-state index is 1.21. The van der Waals surface area contributed by atoms with Gasteiger partial charge in [0.15, 0.2) is 0 Å². The second-order valence-corrected chi connectivity index (χ2v) is 2.56. The van der Waals surface area contributed by atoms with Gasteiger partial charge in [-0.05, 0) is 26.7 Å². The van der Waals surface area contributed by atoms with Gasteiger partial charge in [-0.25, -0.2) is 0 Å². The lowest BCUT2D eigenvalue weighted by molar-refractivity contribution is 0.941. The maximum absolute atomic E-state index is 2.21. The summed E-state index contributed by atoms with van der Waals surface area (Å²) in [7, 11) is 0. The number of allylic oxidation sites excluding steroid dienone is 6. The summed E-state index contributed by atoms with van der Waals surface area (Å²) >= 11 is 0. The largest absolute Gasteiger partial charge is 0.0844 e. The van der Waals surface area contributed by atoms with Gasteiger partial charge >= 0.3 is 0 Å². The Kier molecular flexibility index (Phi) is 2.49. The van der Waals surface area contributed by atoms with E-state index in [1.807, 2.05) is 0 Å². The summed E-state index contributed by atoms with van der Waals surface area (Å²) in [5.41, 5.74) is 2.93. The average Bonchev–Trinajstić information content (AvgIpc) is 2.05. The molecule has 0 aliphatic heterocycles. The molecule has 0 aromatic rings. The van der Waals surface area contributed by atoms with Crippen LogP contribution in [0.1, 0.15) is 26.7 Å². The Balaban J connectivity index is 2.70. The minimum Gasteiger partial charge on any atom is -0.0844 e.